The van der Waals surface area contributed by atoms with Gasteiger partial charge in [0, 0.05) is 28.6 Å². The first-order valence-corrected chi connectivity index (χ1v) is 11.7. The number of ether oxygens (including phenoxy) is 1. The normalized spacial score (nSPS) is 18.3. The summed E-state index contributed by atoms with van der Waals surface area (Å²) in [5.74, 6) is -0.434. The Bertz CT molecular complexity index is 1320. The molecular formula is C27H32BN3O4. The van der Waals surface area contributed by atoms with Crippen LogP contribution in [0.15, 0.2) is 36.5 Å². The molecule has 0 bridgehead atoms. The summed E-state index contributed by atoms with van der Waals surface area (Å²) in [4.78, 5) is 34.6. The molecule has 4 rings (SSSR count). The second-order valence-electron chi connectivity index (χ2n) is 10.4. The molecule has 0 amide bonds. The molecule has 182 valence electrons. The van der Waals surface area contributed by atoms with Crippen molar-refractivity contribution in [3.05, 3.63) is 64.5 Å². The van der Waals surface area contributed by atoms with E-state index in [2.05, 4.69) is 37.9 Å². The van der Waals surface area contributed by atoms with E-state index in [1.165, 1.54) is 7.11 Å². The number of nitrogens with zero attached hydrogens (tertiary/aromatic N) is 2. The maximum absolute atomic E-state index is 13.4. The summed E-state index contributed by atoms with van der Waals surface area (Å²) in [6, 6.07) is 9.55. The van der Waals surface area contributed by atoms with Crippen LogP contribution in [0.1, 0.15) is 67.4 Å². The zero-order valence-corrected chi connectivity index (χ0v) is 21.6. The summed E-state index contributed by atoms with van der Waals surface area (Å²) in [6.07, 6.45) is 2.41. The third-order valence-electron chi connectivity index (χ3n) is 7.83. The number of fused-ring (bicyclic) bond motifs is 1. The molecule has 35 heavy (non-hydrogen) atoms. The lowest BCUT2D eigenvalue weighted by molar-refractivity contribution is -0.145. The second-order valence-corrected chi connectivity index (χ2v) is 10.4. The summed E-state index contributed by atoms with van der Waals surface area (Å²) in [7, 11) is 1.04. The van der Waals surface area contributed by atoms with Gasteiger partial charge in [-0.1, -0.05) is 24.3 Å². The van der Waals surface area contributed by atoms with Crippen LogP contribution in [0.3, 0.4) is 0 Å². The molecule has 3 aromatic rings. The van der Waals surface area contributed by atoms with Gasteiger partial charge in [-0.3, -0.25) is 19.6 Å². The van der Waals surface area contributed by atoms with Crippen LogP contribution in [-0.2, 0) is 19.6 Å². The highest BCUT2D eigenvalue weighted by atomic mass is 16.5. The van der Waals surface area contributed by atoms with Crippen LogP contribution in [0.4, 0.5) is 0 Å². The van der Waals surface area contributed by atoms with E-state index >= 15 is 0 Å². The fourth-order valence-corrected chi connectivity index (χ4v) is 4.66. The number of hydrogen-bond donors (Lipinski definition) is 1. The molecule has 3 heterocycles. The van der Waals surface area contributed by atoms with Crippen LogP contribution >= 0.6 is 0 Å². The van der Waals surface area contributed by atoms with Crippen LogP contribution in [0.2, 0.25) is 0 Å². The van der Waals surface area contributed by atoms with Crippen molar-refractivity contribution in [2.45, 2.75) is 65.0 Å². The molecule has 0 spiro atoms. The number of aryl methyl sites for hydroxylation is 1. The van der Waals surface area contributed by atoms with Gasteiger partial charge in [0.05, 0.1) is 23.7 Å². The predicted molar refractivity (Wildman–Crippen MR) is 137 cm³/mol. The molecule has 0 radical (unpaired) electrons. The quantitative estimate of drug-likeness (QED) is 0.345. The van der Waals surface area contributed by atoms with Crippen LogP contribution in [0.25, 0.3) is 11.0 Å². The van der Waals surface area contributed by atoms with Crippen molar-refractivity contribution in [3.63, 3.8) is 0 Å². The van der Waals surface area contributed by atoms with Crippen molar-refractivity contribution >= 4 is 35.8 Å². The van der Waals surface area contributed by atoms with E-state index in [4.69, 9.17) is 14.4 Å². The first-order valence-electron chi connectivity index (χ1n) is 11.7. The smallest absolute Gasteiger partial charge is 0.416 e. The standard InChI is InChI=1S/C27H32BN3O4/c1-16-17(2)30-23-21(12-13-29-22(23)20(16)15-32)27(7,24(33)34-8)18-10-9-11-19(14-18)28-31-25(3,4)26(5,6)35-28/h9-15,31H,1-8H3. The van der Waals surface area contributed by atoms with E-state index in [0.717, 1.165) is 22.9 Å². The number of methoxy groups -OCH3 is 1. The average molecular weight is 473 g/mol. The number of pyridine rings is 2. The number of carbonyl (C=O) groups excluding carboxylic acids is 2. The molecule has 8 heteroatoms. The molecule has 1 atom stereocenters. The van der Waals surface area contributed by atoms with Gasteiger partial charge in [-0.25, -0.2) is 0 Å². The number of aldehydes is 1. The minimum atomic E-state index is -1.20. The average Bonchev–Trinajstić information content (AvgIpc) is 3.05. The third-order valence-corrected chi connectivity index (χ3v) is 7.83. The van der Waals surface area contributed by atoms with Crippen molar-refractivity contribution in [2.75, 3.05) is 7.11 Å². The number of esters is 1. The summed E-state index contributed by atoms with van der Waals surface area (Å²) in [5, 5.41) is 3.56. The molecule has 1 aliphatic rings. The molecule has 1 aliphatic heterocycles. The topological polar surface area (TPSA) is 90.4 Å². The Kier molecular flexibility index (Phi) is 6.10. The van der Waals surface area contributed by atoms with Crippen molar-refractivity contribution < 1.29 is 19.0 Å². The van der Waals surface area contributed by atoms with Gasteiger partial charge in [0.25, 0.3) is 0 Å². The number of benzene rings is 1. The zero-order valence-electron chi connectivity index (χ0n) is 21.6. The van der Waals surface area contributed by atoms with Crippen LogP contribution in [0, 0.1) is 13.8 Å². The third kappa shape index (κ3) is 3.85. The van der Waals surface area contributed by atoms with Gasteiger partial charge in [0.2, 0.25) is 0 Å². The fourth-order valence-electron chi connectivity index (χ4n) is 4.66. The molecular weight excluding hydrogens is 441 g/mol. The van der Waals surface area contributed by atoms with Crippen LogP contribution in [-0.4, -0.2) is 47.5 Å². The molecule has 1 N–H and O–H groups in total. The number of hydrogen-bond acceptors (Lipinski definition) is 7. The number of carbonyl (C=O) groups is 2. The zero-order chi connectivity index (χ0) is 25.8. The molecule has 1 aromatic carbocycles. The number of nitrogens with one attached hydrogen (secondary N) is 1. The first kappa shape index (κ1) is 25.0. The van der Waals surface area contributed by atoms with Gasteiger partial charge < -0.3 is 14.6 Å². The molecule has 7 nitrogen and oxygen atoms in total. The Morgan fingerprint density at radius 1 is 1.17 bits per heavy atom. The number of aromatic nitrogens is 2. The maximum atomic E-state index is 13.4. The van der Waals surface area contributed by atoms with Gasteiger partial charge in [-0.2, -0.15) is 0 Å². The summed E-state index contributed by atoms with van der Waals surface area (Å²) >= 11 is 0. The lowest BCUT2D eigenvalue weighted by Gasteiger charge is -2.33. The highest BCUT2D eigenvalue weighted by Gasteiger charge is 2.50. The lowest BCUT2D eigenvalue weighted by Crippen LogP contribution is -2.51. The summed E-state index contributed by atoms with van der Waals surface area (Å²) in [6.45, 7) is 13.9. The summed E-state index contributed by atoms with van der Waals surface area (Å²) < 4.78 is 11.7. The van der Waals surface area contributed by atoms with Gasteiger partial charge in [-0.05, 0) is 71.1 Å². The van der Waals surface area contributed by atoms with E-state index in [1.54, 1.807) is 12.3 Å². The van der Waals surface area contributed by atoms with Crippen LogP contribution < -0.4 is 10.7 Å². The van der Waals surface area contributed by atoms with Gasteiger partial charge >= 0.3 is 13.0 Å². The highest BCUT2D eigenvalue weighted by molar-refractivity contribution is 6.66. The maximum Gasteiger partial charge on any atom is 0.416 e. The molecule has 1 unspecified atom stereocenters. The lowest BCUT2D eigenvalue weighted by atomic mass is 9.69. The van der Waals surface area contributed by atoms with Gasteiger partial charge in [0.1, 0.15) is 5.41 Å². The molecule has 0 saturated carbocycles. The predicted octanol–water partition coefficient (Wildman–Crippen LogP) is 3.41. The Hall–Kier alpha value is -3.10. The Balaban J connectivity index is 1.93. The van der Waals surface area contributed by atoms with Crippen molar-refractivity contribution in [1.29, 1.82) is 0 Å². The molecule has 1 saturated heterocycles. The second kappa shape index (κ2) is 8.54. The molecule has 0 aliphatic carbocycles. The highest BCUT2D eigenvalue weighted by Crippen LogP contribution is 2.38. The van der Waals surface area contributed by atoms with E-state index in [1.807, 2.05) is 45.0 Å². The van der Waals surface area contributed by atoms with E-state index in [0.29, 0.717) is 27.9 Å². The first-order chi connectivity index (χ1) is 16.4. The molecule has 1 fully saturated rings. The Morgan fingerprint density at radius 2 is 1.89 bits per heavy atom. The van der Waals surface area contributed by atoms with E-state index in [-0.39, 0.29) is 18.2 Å². The Labute approximate surface area is 206 Å². The monoisotopic (exact) mass is 473 g/mol. The van der Waals surface area contributed by atoms with Crippen molar-refractivity contribution in [1.82, 2.24) is 15.2 Å². The summed E-state index contributed by atoms with van der Waals surface area (Å²) in [5.41, 5.74) is 3.36. The SMILES string of the molecule is COC(=O)C(C)(c1cccc(B2NC(C)(C)C(C)(C)O2)c1)c1ccnc2c(C=O)c(C)c(C)nc12. The van der Waals surface area contributed by atoms with Crippen LogP contribution in [0.5, 0.6) is 0 Å². The van der Waals surface area contributed by atoms with E-state index < -0.39 is 11.4 Å². The minimum Gasteiger partial charge on any atom is -0.468 e. The fraction of sp³-hybridized carbons (Fsp3) is 0.407. The number of rotatable bonds is 5. The van der Waals surface area contributed by atoms with Crippen molar-refractivity contribution in [3.8, 4) is 0 Å². The van der Waals surface area contributed by atoms with Gasteiger partial charge in [0.15, 0.2) is 6.29 Å². The van der Waals surface area contributed by atoms with Gasteiger partial charge in [-0.15, -0.1) is 0 Å². The largest absolute Gasteiger partial charge is 0.468 e. The van der Waals surface area contributed by atoms with E-state index in [9.17, 15) is 9.59 Å². The minimum absolute atomic E-state index is 0.245. The van der Waals surface area contributed by atoms with Crippen molar-refractivity contribution in [2.24, 2.45) is 0 Å². The Morgan fingerprint density at radius 3 is 2.49 bits per heavy atom. The molecule has 2 aromatic heterocycles.